The number of hydrogen-bond donors (Lipinski definition) is 1. The molecular formula is C27H39ClN2O5. The summed E-state index contributed by atoms with van der Waals surface area (Å²) in [6.07, 6.45) is 6.97. The predicted octanol–water partition coefficient (Wildman–Crippen LogP) is 5.27. The quantitative estimate of drug-likeness (QED) is 0.269. The number of rotatable bonds is 10. The van der Waals surface area contributed by atoms with E-state index in [0.29, 0.717) is 12.2 Å². The number of benzene rings is 1. The zero-order valence-electron chi connectivity index (χ0n) is 21.7. The molecule has 0 saturated heterocycles. The molecule has 0 fully saturated rings. The number of nitrogens with zero attached hydrogens (tertiary/aromatic N) is 1. The first-order valence-corrected chi connectivity index (χ1v) is 12.1. The van der Waals surface area contributed by atoms with E-state index in [1.807, 2.05) is 19.2 Å². The Morgan fingerprint density at radius 1 is 1.17 bits per heavy atom. The van der Waals surface area contributed by atoms with Crippen molar-refractivity contribution in [2.24, 2.45) is 5.41 Å². The number of halogens is 1. The van der Waals surface area contributed by atoms with Gasteiger partial charge in [-0.15, -0.1) is 12.4 Å². The molecule has 0 aliphatic carbocycles. The molecule has 1 atom stereocenters. The molecule has 1 unspecified atom stereocenters. The molecule has 1 aromatic carbocycles. The van der Waals surface area contributed by atoms with Crippen molar-refractivity contribution in [3.05, 3.63) is 51.3 Å². The molecule has 0 spiro atoms. The Labute approximate surface area is 214 Å². The minimum Gasteiger partial charge on any atom is -0.494 e. The number of fused-ring (bicyclic) bond motifs is 3. The van der Waals surface area contributed by atoms with Crippen LogP contribution in [0, 0.1) is 12.3 Å². The van der Waals surface area contributed by atoms with E-state index < -0.39 is 5.97 Å². The van der Waals surface area contributed by atoms with Gasteiger partial charge in [-0.05, 0) is 69.0 Å². The highest BCUT2D eigenvalue weighted by Crippen LogP contribution is 2.44. The summed E-state index contributed by atoms with van der Waals surface area (Å²) in [5.74, 6) is 0.0782. The lowest BCUT2D eigenvalue weighted by molar-refractivity contribution is -0.216. The predicted molar refractivity (Wildman–Crippen MR) is 141 cm³/mol. The molecule has 0 bridgehead atoms. The Morgan fingerprint density at radius 2 is 1.89 bits per heavy atom. The molecule has 3 rings (SSSR count). The average Bonchev–Trinajstić information content (AvgIpc) is 2.79. The van der Waals surface area contributed by atoms with Gasteiger partial charge in [0.15, 0.2) is 5.43 Å². The van der Waals surface area contributed by atoms with Crippen LogP contribution in [0.15, 0.2) is 29.2 Å². The van der Waals surface area contributed by atoms with Crippen molar-refractivity contribution in [3.63, 3.8) is 0 Å². The van der Waals surface area contributed by atoms with E-state index in [0.717, 1.165) is 48.4 Å². The van der Waals surface area contributed by atoms with Crippen molar-refractivity contribution in [1.29, 1.82) is 0 Å². The molecular weight excluding hydrogens is 468 g/mol. The van der Waals surface area contributed by atoms with Crippen LogP contribution in [-0.2, 0) is 16.2 Å². The zero-order valence-corrected chi connectivity index (χ0v) is 22.5. The summed E-state index contributed by atoms with van der Waals surface area (Å²) in [4.78, 5) is 34.6. The lowest BCUT2D eigenvalue weighted by Gasteiger charge is -2.39. The fraction of sp³-hybridized carbons (Fsp3) is 0.556. The van der Waals surface area contributed by atoms with Gasteiger partial charge < -0.3 is 14.6 Å². The number of hydrogen-bond acceptors (Lipinski definition) is 6. The van der Waals surface area contributed by atoms with Gasteiger partial charge in [0.2, 0.25) is 0 Å². The van der Waals surface area contributed by atoms with Gasteiger partial charge in [0.05, 0.1) is 19.4 Å². The second-order valence-electron chi connectivity index (χ2n) is 10.1. The van der Waals surface area contributed by atoms with Crippen LogP contribution >= 0.6 is 12.4 Å². The van der Waals surface area contributed by atoms with Crippen LogP contribution in [-0.4, -0.2) is 37.8 Å². The second kappa shape index (κ2) is 12.6. The van der Waals surface area contributed by atoms with Gasteiger partial charge in [0, 0.05) is 23.4 Å². The van der Waals surface area contributed by atoms with Gasteiger partial charge in [-0.3, -0.25) is 9.68 Å². The molecule has 0 saturated carbocycles. The summed E-state index contributed by atoms with van der Waals surface area (Å²) < 4.78 is 8.13. The maximum Gasteiger partial charge on any atom is 0.378 e. The SMILES string of the molecule is CNCCCCCCOc1ccc2c(c1)CC(C(C)(C)C)n1cc(C(=O)OOC)c(=O)c(C)c1-2.Cl. The van der Waals surface area contributed by atoms with Crippen LogP contribution < -0.4 is 15.5 Å². The Hall–Kier alpha value is -2.35. The van der Waals surface area contributed by atoms with E-state index in [-0.39, 0.29) is 34.9 Å². The zero-order chi connectivity index (χ0) is 24.9. The van der Waals surface area contributed by atoms with Crippen LogP contribution in [0.1, 0.15) is 74.0 Å². The third-order valence-corrected chi connectivity index (χ3v) is 6.52. The average molecular weight is 507 g/mol. The van der Waals surface area contributed by atoms with Crippen LogP contribution in [0.5, 0.6) is 5.75 Å². The summed E-state index contributed by atoms with van der Waals surface area (Å²) in [5.41, 5.74) is 3.05. The molecule has 1 N–H and O–H groups in total. The van der Waals surface area contributed by atoms with Gasteiger partial charge in [0.1, 0.15) is 11.3 Å². The topological polar surface area (TPSA) is 78.8 Å². The number of carbonyl (C=O) groups excluding carboxylic acids is 1. The third-order valence-electron chi connectivity index (χ3n) is 6.52. The van der Waals surface area contributed by atoms with Crippen molar-refractivity contribution in [3.8, 4) is 17.0 Å². The van der Waals surface area contributed by atoms with Crippen molar-refractivity contribution in [1.82, 2.24) is 9.88 Å². The Morgan fingerprint density at radius 3 is 2.54 bits per heavy atom. The molecule has 8 heteroatoms. The minimum absolute atomic E-state index is 0. The molecule has 2 heterocycles. The van der Waals surface area contributed by atoms with E-state index in [1.165, 1.54) is 20.0 Å². The van der Waals surface area contributed by atoms with E-state index in [4.69, 9.17) is 4.74 Å². The maximum absolute atomic E-state index is 13.1. The number of ether oxygens (including phenoxy) is 1. The molecule has 35 heavy (non-hydrogen) atoms. The van der Waals surface area contributed by atoms with Gasteiger partial charge in [0.25, 0.3) is 0 Å². The molecule has 1 aromatic heterocycles. The minimum atomic E-state index is -0.779. The highest BCUT2D eigenvalue weighted by molar-refractivity contribution is 5.89. The molecule has 1 aliphatic heterocycles. The lowest BCUT2D eigenvalue weighted by Crippen LogP contribution is -2.34. The summed E-state index contributed by atoms with van der Waals surface area (Å²) in [5, 5.41) is 3.18. The van der Waals surface area contributed by atoms with Gasteiger partial charge in [-0.25, -0.2) is 4.79 Å². The Balaban J connectivity index is 0.00000432. The van der Waals surface area contributed by atoms with Gasteiger partial charge >= 0.3 is 5.97 Å². The Bertz CT molecular complexity index is 1070. The fourth-order valence-corrected chi connectivity index (χ4v) is 4.66. The highest BCUT2D eigenvalue weighted by atomic mass is 35.5. The van der Waals surface area contributed by atoms with Gasteiger partial charge in [-0.1, -0.05) is 33.6 Å². The summed E-state index contributed by atoms with van der Waals surface area (Å²) >= 11 is 0. The van der Waals surface area contributed by atoms with Crippen molar-refractivity contribution >= 4 is 18.4 Å². The van der Waals surface area contributed by atoms with E-state index in [9.17, 15) is 9.59 Å². The largest absolute Gasteiger partial charge is 0.494 e. The molecule has 194 valence electrons. The molecule has 7 nitrogen and oxygen atoms in total. The molecule has 2 aromatic rings. The maximum atomic E-state index is 13.1. The highest BCUT2D eigenvalue weighted by Gasteiger charge is 2.35. The van der Waals surface area contributed by atoms with Crippen LogP contribution in [0.25, 0.3) is 11.3 Å². The smallest absolute Gasteiger partial charge is 0.378 e. The molecule has 0 amide bonds. The normalized spacial score (nSPS) is 14.5. The van der Waals surface area contributed by atoms with Crippen LogP contribution in [0.4, 0.5) is 0 Å². The first-order chi connectivity index (χ1) is 16.2. The summed E-state index contributed by atoms with van der Waals surface area (Å²) in [7, 11) is 3.23. The van der Waals surface area contributed by atoms with Crippen molar-refractivity contribution < 1.29 is 19.3 Å². The summed E-state index contributed by atoms with van der Waals surface area (Å²) in [6.45, 7) is 10.0. The Kier molecular flexibility index (Phi) is 10.4. The van der Waals surface area contributed by atoms with Crippen molar-refractivity contribution in [2.75, 3.05) is 27.3 Å². The van der Waals surface area contributed by atoms with Crippen LogP contribution in [0.3, 0.4) is 0 Å². The third kappa shape index (κ3) is 6.66. The van der Waals surface area contributed by atoms with E-state index in [1.54, 1.807) is 13.1 Å². The number of nitrogens with one attached hydrogen (secondary N) is 1. The fourth-order valence-electron chi connectivity index (χ4n) is 4.66. The number of carbonyl (C=O) groups is 1. The number of aromatic nitrogens is 1. The monoisotopic (exact) mass is 506 g/mol. The molecule has 0 radical (unpaired) electrons. The summed E-state index contributed by atoms with van der Waals surface area (Å²) in [6, 6.07) is 6.15. The number of unbranched alkanes of at least 4 members (excludes halogenated alkanes) is 3. The first kappa shape index (κ1) is 28.9. The lowest BCUT2D eigenvalue weighted by atomic mass is 9.78. The van der Waals surface area contributed by atoms with Gasteiger partial charge in [-0.2, -0.15) is 4.89 Å². The van der Waals surface area contributed by atoms with E-state index in [2.05, 4.69) is 46.5 Å². The number of pyridine rings is 1. The molecule has 1 aliphatic rings. The van der Waals surface area contributed by atoms with Crippen LogP contribution in [0.2, 0.25) is 0 Å². The second-order valence-corrected chi connectivity index (χ2v) is 10.1. The van der Waals surface area contributed by atoms with E-state index >= 15 is 0 Å². The standard InChI is InChI=1S/C27H38N2O5.ClH/c1-18-24-21-12-11-20(33-14-10-8-7-9-13-28-5)15-19(21)16-23(27(2,3)4)29(24)17-22(25(18)30)26(31)34-32-6;/h11-12,15,17,23,28H,7-10,13-14,16H2,1-6H3;1H. The van der Waals surface area contributed by atoms with Crippen molar-refractivity contribution in [2.45, 2.75) is 65.8 Å². The first-order valence-electron chi connectivity index (χ1n) is 12.1.